The highest BCUT2D eigenvalue weighted by Gasteiger charge is 2.09. The standard InChI is InChI=1S/C13H10O3/c1-16-13-6-5-10-9(7-14)3-2-4-11(10)12(13)8-15/h2-8H,1H3. The predicted molar refractivity (Wildman–Crippen MR) is 61.3 cm³/mol. The van der Waals surface area contributed by atoms with Gasteiger partial charge in [-0.1, -0.05) is 18.2 Å². The van der Waals surface area contributed by atoms with Crippen molar-refractivity contribution in [1.82, 2.24) is 0 Å². The van der Waals surface area contributed by atoms with E-state index in [4.69, 9.17) is 4.74 Å². The third kappa shape index (κ3) is 1.46. The molecule has 0 atom stereocenters. The number of hydrogen-bond donors (Lipinski definition) is 0. The lowest BCUT2D eigenvalue weighted by Crippen LogP contribution is -1.93. The van der Waals surface area contributed by atoms with Crippen molar-refractivity contribution in [1.29, 1.82) is 0 Å². The Balaban J connectivity index is 2.88. The molecule has 0 spiro atoms. The fourth-order valence-corrected chi connectivity index (χ4v) is 1.79. The molecule has 2 rings (SSSR count). The third-order valence-corrected chi connectivity index (χ3v) is 2.56. The molecule has 0 fully saturated rings. The molecule has 16 heavy (non-hydrogen) atoms. The van der Waals surface area contributed by atoms with E-state index in [1.807, 2.05) is 0 Å². The summed E-state index contributed by atoms with van der Waals surface area (Å²) < 4.78 is 5.10. The molecule has 0 radical (unpaired) electrons. The summed E-state index contributed by atoms with van der Waals surface area (Å²) in [6, 6.07) is 8.74. The monoisotopic (exact) mass is 214 g/mol. The van der Waals surface area contributed by atoms with Crippen molar-refractivity contribution in [3.05, 3.63) is 41.5 Å². The van der Waals surface area contributed by atoms with E-state index in [0.717, 1.165) is 23.3 Å². The van der Waals surface area contributed by atoms with Gasteiger partial charge in [-0.2, -0.15) is 0 Å². The zero-order chi connectivity index (χ0) is 11.5. The van der Waals surface area contributed by atoms with E-state index in [0.29, 0.717) is 16.9 Å². The fourth-order valence-electron chi connectivity index (χ4n) is 1.79. The van der Waals surface area contributed by atoms with Gasteiger partial charge in [0.15, 0.2) is 12.6 Å². The summed E-state index contributed by atoms with van der Waals surface area (Å²) in [6.45, 7) is 0. The second-order valence-corrected chi connectivity index (χ2v) is 3.36. The molecule has 0 aliphatic carbocycles. The van der Waals surface area contributed by atoms with Gasteiger partial charge in [0.2, 0.25) is 0 Å². The molecule has 0 aliphatic rings. The van der Waals surface area contributed by atoms with Crippen LogP contribution in [0, 0.1) is 0 Å². The summed E-state index contributed by atoms with van der Waals surface area (Å²) in [7, 11) is 1.51. The molecule has 0 aromatic heterocycles. The Morgan fingerprint density at radius 2 is 1.81 bits per heavy atom. The molecule has 0 aliphatic heterocycles. The first-order chi connectivity index (χ1) is 7.81. The number of rotatable bonds is 3. The van der Waals surface area contributed by atoms with Crippen LogP contribution in [0.3, 0.4) is 0 Å². The first kappa shape index (κ1) is 10.4. The van der Waals surface area contributed by atoms with Gasteiger partial charge in [0.25, 0.3) is 0 Å². The van der Waals surface area contributed by atoms with Crippen LogP contribution in [0.4, 0.5) is 0 Å². The zero-order valence-corrected chi connectivity index (χ0v) is 8.77. The van der Waals surface area contributed by atoms with Crippen LogP contribution in [0.1, 0.15) is 20.7 Å². The molecular formula is C13H10O3. The van der Waals surface area contributed by atoms with Gasteiger partial charge >= 0.3 is 0 Å². The number of ether oxygens (including phenoxy) is 1. The van der Waals surface area contributed by atoms with Crippen molar-refractivity contribution >= 4 is 23.3 Å². The second kappa shape index (κ2) is 4.14. The maximum atomic E-state index is 11.0. The van der Waals surface area contributed by atoms with E-state index in [1.54, 1.807) is 30.3 Å². The lowest BCUT2D eigenvalue weighted by Gasteiger charge is -2.08. The van der Waals surface area contributed by atoms with Gasteiger partial charge in [-0.25, -0.2) is 0 Å². The van der Waals surface area contributed by atoms with Crippen LogP contribution < -0.4 is 4.74 Å². The first-order valence-corrected chi connectivity index (χ1v) is 4.82. The van der Waals surface area contributed by atoms with Gasteiger partial charge < -0.3 is 4.74 Å². The van der Waals surface area contributed by atoms with E-state index in [2.05, 4.69) is 0 Å². The minimum Gasteiger partial charge on any atom is -0.496 e. The van der Waals surface area contributed by atoms with Crippen molar-refractivity contribution in [3.8, 4) is 5.75 Å². The number of benzene rings is 2. The molecule has 0 heterocycles. The summed E-state index contributed by atoms with van der Waals surface area (Å²) in [5, 5.41) is 1.50. The molecule has 0 saturated heterocycles. The lowest BCUT2D eigenvalue weighted by atomic mass is 10.0. The van der Waals surface area contributed by atoms with Crippen LogP contribution in [0.2, 0.25) is 0 Å². The van der Waals surface area contributed by atoms with Crippen molar-refractivity contribution in [3.63, 3.8) is 0 Å². The Kier molecular flexibility index (Phi) is 2.68. The first-order valence-electron chi connectivity index (χ1n) is 4.82. The van der Waals surface area contributed by atoms with E-state index in [9.17, 15) is 9.59 Å². The van der Waals surface area contributed by atoms with Crippen LogP contribution in [-0.4, -0.2) is 19.7 Å². The highest BCUT2D eigenvalue weighted by atomic mass is 16.5. The number of fused-ring (bicyclic) bond motifs is 1. The second-order valence-electron chi connectivity index (χ2n) is 3.36. The summed E-state index contributed by atoms with van der Waals surface area (Å²) >= 11 is 0. The van der Waals surface area contributed by atoms with Crippen molar-refractivity contribution in [2.75, 3.05) is 7.11 Å². The molecule has 3 nitrogen and oxygen atoms in total. The Morgan fingerprint density at radius 3 is 2.44 bits per heavy atom. The normalized spacial score (nSPS) is 10.1. The Morgan fingerprint density at radius 1 is 1.00 bits per heavy atom. The smallest absolute Gasteiger partial charge is 0.154 e. The molecule has 0 amide bonds. The van der Waals surface area contributed by atoms with Gasteiger partial charge in [0.05, 0.1) is 12.7 Å². The molecule has 2 aromatic carbocycles. The van der Waals surface area contributed by atoms with Crippen molar-refractivity contribution in [2.24, 2.45) is 0 Å². The van der Waals surface area contributed by atoms with E-state index < -0.39 is 0 Å². The van der Waals surface area contributed by atoms with Gasteiger partial charge in [-0.05, 0) is 22.9 Å². The van der Waals surface area contributed by atoms with E-state index in [1.165, 1.54) is 7.11 Å². The van der Waals surface area contributed by atoms with Crippen molar-refractivity contribution in [2.45, 2.75) is 0 Å². The molecule has 3 heteroatoms. The summed E-state index contributed by atoms with van der Waals surface area (Å²) in [5.74, 6) is 0.519. The van der Waals surface area contributed by atoms with Crippen LogP contribution in [0.15, 0.2) is 30.3 Å². The topological polar surface area (TPSA) is 43.4 Å². The molecule has 0 unspecified atom stereocenters. The minimum atomic E-state index is 0.476. The predicted octanol–water partition coefficient (Wildman–Crippen LogP) is 2.47. The summed E-state index contributed by atoms with van der Waals surface area (Å²) in [6.07, 6.45) is 1.53. The number of methoxy groups -OCH3 is 1. The number of hydrogen-bond acceptors (Lipinski definition) is 3. The highest BCUT2D eigenvalue weighted by molar-refractivity contribution is 6.06. The average Bonchev–Trinajstić information content (AvgIpc) is 2.36. The van der Waals surface area contributed by atoms with Crippen LogP contribution >= 0.6 is 0 Å². The molecule has 0 saturated carbocycles. The lowest BCUT2D eigenvalue weighted by molar-refractivity contribution is 0.111. The van der Waals surface area contributed by atoms with Gasteiger partial charge in [0.1, 0.15) is 5.75 Å². The molecule has 80 valence electrons. The molecule has 0 bridgehead atoms. The van der Waals surface area contributed by atoms with Crippen LogP contribution in [0.5, 0.6) is 5.75 Å². The maximum Gasteiger partial charge on any atom is 0.154 e. The van der Waals surface area contributed by atoms with Crippen LogP contribution in [-0.2, 0) is 0 Å². The van der Waals surface area contributed by atoms with E-state index in [-0.39, 0.29) is 0 Å². The van der Waals surface area contributed by atoms with Gasteiger partial charge in [-0.15, -0.1) is 0 Å². The SMILES string of the molecule is COc1ccc2c(C=O)cccc2c1C=O. The molecular weight excluding hydrogens is 204 g/mol. The van der Waals surface area contributed by atoms with E-state index >= 15 is 0 Å². The fraction of sp³-hybridized carbons (Fsp3) is 0.0769. The zero-order valence-electron chi connectivity index (χ0n) is 8.77. The third-order valence-electron chi connectivity index (χ3n) is 2.56. The number of aldehydes is 2. The van der Waals surface area contributed by atoms with Crippen molar-refractivity contribution < 1.29 is 14.3 Å². The summed E-state index contributed by atoms with van der Waals surface area (Å²) in [4.78, 5) is 21.9. The Labute approximate surface area is 92.6 Å². The quantitative estimate of drug-likeness (QED) is 0.737. The Bertz CT molecular complexity index is 558. The molecule has 0 N–H and O–H groups in total. The number of carbonyl (C=O) groups excluding carboxylic acids is 2. The highest BCUT2D eigenvalue weighted by Crippen LogP contribution is 2.27. The average molecular weight is 214 g/mol. The Hall–Kier alpha value is -2.16. The minimum absolute atomic E-state index is 0.476. The maximum absolute atomic E-state index is 11.0. The largest absolute Gasteiger partial charge is 0.496 e. The van der Waals surface area contributed by atoms with Gasteiger partial charge in [-0.3, -0.25) is 9.59 Å². The van der Waals surface area contributed by atoms with Crippen LogP contribution in [0.25, 0.3) is 10.8 Å². The number of carbonyl (C=O) groups is 2. The molecule has 2 aromatic rings. The summed E-state index contributed by atoms with van der Waals surface area (Å²) in [5.41, 5.74) is 1.05. The van der Waals surface area contributed by atoms with Gasteiger partial charge in [0, 0.05) is 5.56 Å².